The lowest BCUT2D eigenvalue weighted by molar-refractivity contribution is 0.112. The van der Waals surface area contributed by atoms with Crippen molar-refractivity contribution in [3.63, 3.8) is 0 Å². The van der Waals surface area contributed by atoms with Crippen LogP contribution in [0.4, 0.5) is 0 Å². The molecule has 2 rings (SSSR count). The fourth-order valence-electron chi connectivity index (χ4n) is 2.10. The van der Waals surface area contributed by atoms with Crippen LogP contribution in [0.1, 0.15) is 40.5 Å². The second kappa shape index (κ2) is 5.57. The van der Waals surface area contributed by atoms with Crippen LogP contribution in [0.15, 0.2) is 18.2 Å². The summed E-state index contributed by atoms with van der Waals surface area (Å²) in [6, 6.07) is 6.10. The Bertz CT molecular complexity index is 617. The third-order valence-electron chi connectivity index (χ3n) is 3.14. The lowest BCUT2D eigenvalue weighted by Gasteiger charge is -2.08. The van der Waals surface area contributed by atoms with Gasteiger partial charge in [0.05, 0.1) is 16.9 Å². The van der Waals surface area contributed by atoms with Crippen LogP contribution in [0, 0.1) is 13.8 Å². The quantitative estimate of drug-likeness (QED) is 0.794. The summed E-state index contributed by atoms with van der Waals surface area (Å²) in [5, 5.41) is 4.89. The van der Waals surface area contributed by atoms with E-state index in [0.717, 1.165) is 41.6 Å². The lowest BCUT2D eigenvalue weighted by Crippen LogP contribution is -2.00. The molecule has 100 valence electrons. The zero-order valence-corrected chi connectivity index (χ0v) is 12.2. The molecule has 19 heavy (non-hydrogen) atoms. The monoisotopic (exact) mass is 276 g/mol. The third-order valence-corrected chi connectivity index (χ3v) is 3.50. The molecule has 0 spiro atoms. The predicted molar refractivity (Wildman–Crippen MR) is 77.4 cm³/mol. The molecule has 0 aliphatic rings. The molecular formula is C15H17ClN2O. The number of aromatic nitrogens is 2. The van der Waals surface area contributed by atoms with Gasteiger partial charge in [-0.3, -0.25) is 4.79 Å². The Morgan fingerprint density at radius 2 is 2.11 bits per heavy atom. The highest BCUT2D eigenvalue weighted by atomic mass is 35.5. The van der Waals surface area contributed by atoms with Crippen LogP contribution in [-0.2, 0) is 6.42 Å². The van der Waals surface area contributed by atoms with Crippen LogP contribution >= 0.6 is 11.6 Å². The van der Waals surface area contributed by atoms with Gasteiger partial charge in [0.25, 0.3) is 0 Å². The maximum absolute atomic E-state index is 11.2. The molecule has 0 bridgehead atoms. The van der Waals surface area contributed by atoms with E-state index in [9.17, 15) is 4.79 Å². The van der Waals surface area contributed by atoms with Crippen LogP contribution in [0.3, 0.4) is 0 Å². The summed E-state index contributed by atoms with van der Waals surface area (Å²) in [7, 11) is 0. The van der Waals surface area contributed by atoms with Gasteiger partial charge in [0.1, 0.15) is 5.15 Å². The van der Waals surface area contributed by atoms with Crippen molar-refractivity contribution in [2.24, 2.45) is 0 Å². The second-order valence-electron chi connectivity index (χ2n) is 4.72. The van der Waals surface area contributed by atoms with Gasteiger partial charge in [-0.2, -0.15) is 5.10 Å². The minimum Gasteiger partial charge on any atom is -0.298 e. The first kappa shape index (κ1) is 13.8. The van der Waals surface area contributed by atoms with Crippen molar-refractivity contribution in [1.29, 1.82) is 0 Å². The summed E-state index contributed by atoms with van der Waals surface area (Å²) in [4.78, 5) is 11.2. The zero-order valence-electron chi connectivity index (χ0n) is 11.4. The van der Waals surface area contributed by atoms with Gasteiger partial charge in [-0.15, -0.1) is 0 Å². The van der Waals surface area contributed by atoms with Crippen LogP contribution in [-0.4, -0.2) is 16.1 Å². The number of aldehydes is 1. The molecule has 2 aromatic rings. The molecule has 3 nitrogen and oxygen atoms in total. The van der Waals surface area contributed by atoms with Gasteiger partial charge in [-0.1, -0.05) is 37.1 Å². The van der Waals surface area contributed by atoms with Crippen molar-refractivity contribution in [2.45, 2.75) is 33.6 Å². The lowest BCUT2D eigenvalue weighted by atomic mass is 10.1. The molecule has 0 N–H and O–H groups in total. The van der Waals surface area contributed by atoms with E-state index in [1.54, 1.807) is 4.68 Å². The zero-order chi connectivity index (χ0) is 14.0. The van der Waals surface area contributed by atoms with Crippen molar-refractivity contribution in [3.05, 3.63) is 45.7 Å². The highest BCUT2D eigenvalue weighted by Crippen LogP contribution is 2.25. The first-order chi connectivity index (χ1) is 9.08. The molecular weight excluding hydrogens is 260 g/mol. The Morgan fingerprint density at radius 3 is 2.74 bits per heavy atom. The number of halogens is 1. The Kier molecular flexibility index (Phi) is 4.05. The average molecular weight is 277 g/mol. The number of rotatable bonds is 4. The maximum atomic E-state index is 11.2. The molecule has 0 saturated heterocycles. The van der Waals surface area contributed by atoms with Crippen LogP contribution in [0.2, 0.25) is 5.15 Å². The second-order valence-corrected chi connectivity index (χ2v) is 5.08. The minimum absolute atomic E-state index is 0.396. The SMILES string of the molecule is CCCc1nn(-c2cc(C)ccc2C)c(Cl)c1C=O. The summed E-state index contributed by atoms with van der Waals surface area (Å²) < 4.78 is 1.67. The molecule has 0 saturated carbocycles. The van der Waals surface area contributed by atoms with Gasteiger partial charge in [-0.05, 0) is 37.5 Å². The average Bonchev–Trinajstić information content (AvgIpc) is 2.69. The normalized spacial score (nSPS) is 10.7. The van der Waals surface area contributed by atoms with Crippen LogP contribution in [0.25, 0.3) is 5.69 Å². The molecule has 1 aromatic heterocycles. The van der Waals surface area contributed by atoms with Crippen LogP contribution in [0.5, 0.6) is 0 Å². The highest BCUT2D eigenvalue weighted by Gasteiger charge is 2.17. The maximum Gasteiger partial charge on any atom is 0.155 e. The Balaban J connectivity index is 2.62. The van der Waals surface area contributed by atoms with E-state index in [1.165, 1.54) is 0 Å². The van der Waals surface area contributed by atoms with E-state index in [0.29, 0.717) is 10.7 Å². The van der Waals surface area contributed by atoms with Crippen molar-refractivity contribution in [2.75, 3.05) is 0 Å². The summed E-state index contributed by atoms with van der Waals surface area (Å²) in [5.41, 5.74) is 4.41. The van der Waals surface area contributed by atoms with Crippen molar-refractivity contribution >= 4 is 17.9 Å². The molecule has 0 unspecified atom stereocenters. The molecule has 0 radical (unpaired) electrons. The molecule has 0 aliphatic carbocycles. The minimum atomic E-state index is 0.396. The van der Waals surface area contributed by atoms with E-state index >= 15 is 0 Å². The number of carbonyl (C=O) groups is 1. The smallest absolute Gasteiger partial charge is 0.155 e. The Morgan fingerprint density at radius 1 is 1.37 bits per heavy atom. The van der Waals surface area contributed by atoms with Gasteiger partial charge < -0.3 is 0 Å². The van der Waals surface area contributed by atoms with E-state index in [1.807, 2.05) is 32.0 Å². The van der Waals surface area contributed by atoms with Gasteiger partial charge in [-0.25, -0.2) is 4.68 Å². The summed E-state index contributed by atoms with van der Waals surface area (Å²) >= 11 is 6.29. The number of nitrogens with zero attached hydrogens (tertiary/aromatic N) is 2. The molecule has 0 fully saturated rings. The van der Waals surface area contributed by atoms with Gasteiger partial charge in [0.2, 0.25) is 0 Å². The highest BCUT2D eigenvalue weighted by molar-refractivity contribution is 6.32. The number of benzene rings is 1. The number of aryl methyl sites for hydroxylation is 3. The first-order valence-corrected chi connectivity index (χ1v) is 6.76. The van der Waals surface area contributed by atoms with Gasteiger partial charge in [0.15, 0.2) is 6.29 Å². The van der Waals surface area contributed by atoms with Crippen molar-refractivity contribution in [3.8, 4) is 5.69 Å². The molecule has 1 aromatic carbocycles. The molecule has 4 heteroatoms. The van der Waals surface area contributed by atoms with Crippen molar-refractivity contribution in [1.82, 2.24) is 9.78 Å². The van der Waals surface area contributed by atoms with E-state index in [-0.39, 0.29) is 0 Å². The first-order valence-electron chi connectivity index (χ1n) is 6.38. The number of hydrogen-bond donors (Lipinski definition) is 0. The van der Waals surface area contributed by atoms with E-state index < -0.39 is 0 Å². The topological polar surface area (TPSA) is 34.9 Å². The molecule has 0 amide bonds. The summed E-state index contributed by atoms with van der Waals surface area (Å²) in [6.07, 6.45) is 2.48. The van der Waals surface area contributed by atoms with Crippen LogP contribution < -0.4 is 0 Å². The summed E-state index contributed by atoms with van der Waals surface area (Å²) in [5.74, 6) is 0. The Hall–Kier alpha value is -1.61. The molecule has 0 atom stereocenters. The number of hydrogen-bond acceptors (Lipinski definition) is 2. The van der Waals surface area contributed by atoms with E-state index in [4.69, 9.17) is 11.6 Å². The predicted octanol–water partition coefficient (Wildman–Crippen LogP) is 3.91. The fourth-order valence-corrected chi connectivity index (χ4v) is 2.38. The fraction of sp³-hybridized carbons (Fsp3) is 0.333. The summed E-state index contributed by atoms with van der Waals surface area (Å²) in [6.45, 7) is 6.08. The van der Waals surface area contributed by atoms with Crippen molar-refractivity contribution < 1.29 is 4.79 Å². The van der Waals surface area contributed by atoms with E-state index in [2.05, 4.69) is 12.0 Å². The Labute approximate surface area is 118 Å². The number of carbonyl (C=O) groups excluding carboxylic acids is 1. The molecule has 0 aliphatic heterocycles. The van der Waals surface area contributed by atoms with Gasteiger partial charge >= 0.3 is 0 Å². The standard InChI is InChI=1S/C15H17ClN2O/c1-4-5-13-12(9-19)15(16)18(17-13)14-8-10(2)6-7-11(14)3/h6-9H,4-5H2,1-3H3. The largest absolute Gasteiger partial charge is 0.298 e. The van der Waals surface area contributed by atoms with Gasteiger partial charge in [0, 0.05) is 0 Å². The molecule has 1 heterocycles. The third kappa shape index (κ3) is 2.56.